The predicted molar refractivity (Wildman–Crippen MR) is 103 cm³/mol. The Labute approximate surface area is 154 Å². The molecule has 1 aromatic carbocycles. The number of aromatic amines is 1. The summed E-state index contributed by atoms with van der Waals surface area (Å²) in [4.78, 5) is 24.4. The molecule has 0 spiro atoms. The number of hydrogen-bond acceptors (Lipinski definition) is 3. The molecule has 3 N–H and O–H groups in total. The summed E-state index contributed by atoms with van der Waals surface area (Å²) in [6, 6.07) is 9.48. The lowest BCUT2D eigenvalue weighted by atomic mass is 10.1. The van der Waals surface area contributed by atoms with Crippen molar-refractivity contribution in [2.45, 2.75) is 51.5 Å². The lowest BCUT2D eigenvalue weighted by Gasteiger charge is -2.16. The van der Waals surface area contributed by atoms with Crippen LogP contribution in [0.4, 0.5) is 0 Å². The van der Waals surface area contributed by atoms with Crippen molar-refractivity contribution in [2.24, 2.45) is 0 Å². The lowest BCUT2D eigenvalue weighted by molar-refractivity contribution is 0.0948. The summed E-state index contributed by atoms with van der Waals surface area (Å²) >= 11 is 0. The molecule has 0 bridgehead atoms. The van der Waals surface area contributed by atoms with E-state index in [2.05, 4.69) is 15.7 Å². The maximum absolute atomic E-state index is 12.3. The molecule has 0 unspecified atom stereocenters. The number of H-pyrrole nitrogens is 1. The Hall–Kier alpha value is -2.34. The number of carbonyl (C=O) groups is 1. The van der Waals surface area contributed by atoms with E-state index in [1.807, 2.05) is 31.2 Å². The molecule has 0 radical (unpaired) electrons. The summed E-state index contributed by atoms with van der Waals surface area (Å²) in [5, 5.41) is 9.28. The smallest absolute Gasteiger partial charge is 0.271 e. The summed E-state index contributed by atoms with van der Waals surface area (Å²) in [6.45, 7) is 3.29. The van der Waals surface area contributed by atoms with Crippen molar-refractivity contribution in [1.29, 1.82) is 0 Å². The predicted octanol–water partition coefficient (Wildman–Crippen LogP) is 2.52. The van der Waals surface area contributed by atoms with Crippen molar-refractivity contribution in [2.75, 3.05) is 13.1 Å². The molecule has 3 rings (SSSR count). The molecule has 26 heavy (non-hydrogen) atoms. The fourth-order valence-corrected chi connectivity index (χ4v) is 3.43. The molecular weight excluding hydrogens is 328 g/mol. The summed E-state index contributed by atoms with van der Waals surface area (Å²) in [7, 11) is 0. The van der Waals surface area contributed by atoms with E-state index in [9.17, 15) is 9.59 Å². The first-order chi connectivity index (χ1) is 12.6. The van der Waals surface area contributed by atoms with E-state index >= 15 is 0 Å². The van der Waals surface area contributed by atoms with E-state index in [0.29, 0.717) is 12.6 Å². The molecule has 0 saturated heterocycles. The highest BCUT2D eigenvalue weighted by Gasteiger charge is 2.13. The monoisotopic (exact) mass is 356 g/mol. The summed E-state index contributed by atoms with van der Waals surface area (Å²) in [5.41, 5.74) is 1.88. The zero-order chi connectivity index (χ0) is 18.4. The van der Waals surface area contributed by atoms with E-state index in [-0.39, 0.29) is 17.2 Å². The van der Waals surface area contributed by atoms with Crippen LogP contribution in [0.1, 0.15) is 54.6 Å². The highest BCUT2D eigenvalue weighted by Crippen LogP contribution is 2.16. The van der Waals surface area contributed by atoms with Gasteiger partial charge in [-0.3, -0.25) is 14.7 Å². The van der Waals surface area contributed by atoms with E-state index in [1.54, 1.807) is 0 Å². The molecule has 1 saturated carbocycles. The topological polar surface area (TPSA) is 78.9 Å². The molecule has 6 heteroatoms. The third-order valence-corrected chi connectivity index (χ3v) is 4.96. The van der Waals surface area contributed by atoms with E-state index in [0.717, 1.165) is 17.8 Å². The second kappa shape index (κ2) is 8.85. The van der Waals surface area contributed by atoms with E-state index in [4.69, 9.17) is 0 Å². The number of hydrogen-bond donors (Lipinski definition) is 3. The van der Waals surface area contributed by atoms with E-state index in [1.165, 1.54) is 49.3 Å². The normalized spacial score (nSPS) is 15.6. The van der Waals surface area contributed by atoms with Crippen LogP contribution in [-0.4, -0.2) is 34.8 Å². The minimum absolute atomic E-state index is 0.240. The van der Waals surface area contributed by atoms with Gasteiger partial charge in [-0.05, 0) is 31.9 Å². The summed E-state index contributed by atoms with van der Waals surface area (Å²) in [5.74, 6) is -0.254. The number of benzene rings is 1. The standard InChI is InChI=1S/C20H28N4O2/c1-15-8-10-17(11-9-15)24-19(25)14-18(23-24)20(26)22-13-12-21-16-6-4-2-3-5-7-16/h8-11,14,16,21,23H,2-7,12-13H2,1H3,(H,22,26). The van der Waals surface area contributed by atoms with Crippen LogP contribution in [0.25, 0.3) is 5.69 Å². The molecule has 0 atom stereocenters. The van der Waals surface area contributed by atoms with Gasteiger partial charge < -0.3 is 10.6 Å². The van der Waals surface area contributed by atoms with Gasteiger partial charge in [0.15, 0.2) is 0 Å². The second-order valence-electron chi connectivity index (χ2n) is 7.08. The Balaban J connectivity index is 1.51. The molecule has 140 valence electrons. The first-order valence-corrected chi connectivity index (χ1v) is 9.54. The van der Waals surface area contributed by atoms with Gasteiger partial charge in [0, 0.05) is 25.2 Å². The molecule has 1 aliphatic carbocycles. The summed E-state index contributed by atoms with van der Waals surface area (Å²) < 4.78 is 1.39. The lowest BCUT2D eigenvalue weighted by Crippen LogP contribution is -2.37. The number of carbonyl (C=O) groups excluding carboxylic acids is 1. The van der Waals surface area contributed by atoms with Gasteiger partial charge in [-0.2, -0.15) is 0 Å². The maximum atomic E-state index is 12.3. The Kier molecular flexibility index (Phi) is 6.28. The van der Waals surface area contributed by atoms with Crippen molar-refractivity contribution in [3.8, 4) is 5.69 Å². The van der Waals surface area contributed by atoms with Crippen LogP contribution < -0.4 is 16.2 Å². The van der Waals surface area contributed by atoms with Crippen LogP contribution in [-0.2, 0) is 0 Å². The third-order valence-electron chi connectivity index (χ3n) is 4.96. The zero-order valence-corrected chi connectivity index (χ0v) is 15.4. The highest BCUT2D eigenvalue weighted by molar-refractivity contribution is 5.92. The van der Waals surface area contributed by atoms with Crippen molar-refractivity contribution < 1.29 is 4.79 Å². The van der Waals surface area contributed by atoms with Crippen molar-refractivity contribution in [1.82, 2.24) is 20.4 Å². The first kappa shape index (κ1) is 18.5. The molecular formula is C20H28N4O2. The fraction of sp³-hybridized carbons (Fsp3) is 0.500. The average Bonchev–Trinajstić information content (AvgIpc) is 2.85. The number of amides is 1. The molecule has 1 fully saturated rings. The number of nitrogens with one attached hydrogen (secondary N) is 3. The molecule has 1 heterocycles. The van der Waals surface area contributed by atoms with Gasteiger partial charge in [-0.1, -0.05) is 43.4 Å². The Bertz CT molecular complexity index is 768. The fourth-order valence-electron chi connectivity index (χ4n) is 3.43. The number of rotatable bonds is 6. The molecule has 1 amide bonds. The molecule has 2 aromatic rings. The SMILES string of the molecule is Cc1ccc(-n2[nH]c(C(=O)NCCNC3CCCCCC3)cc2=O)cc1. The Morgan fingerprint density at radius 3 is 2.50 bits per heavy atom. The summed E-state index contributed by atoms with van der Waals surface area (Å²) in [6.07, 6.45) is 7.69. The molecule has 0 aliphatic heterocycles. The highest BCUT2D eigenvalue weighted by atomic mass is 16.2. The van der Waals surface area contributed by atoms with Gasteiger partial charge in [0.05, 0.1) is 5.69 Å². The third kappa shape index (κ3) is 4.85. The van der Waals surface area contributed by atoms with Crippen molar-refractivity contribution in [3.05, 3.63) is 51.9 Å². The van der Waals surface area contributed by atoms with Gasteiger partial charge in [0.1, 0.15) is 5.69 Å². The second-order valence-corrected chi connectivity index (χ2v) is 7.08. The van der Waals surface area contributed by atoms with Crippen LogP contribution in [0.2, 0.25) is 0 Å². The van der Waals surface area contributed by atoms with Gasteiger partial charge >= 0.3 is 0 Å². The van der Waals surface area contributed by atoms with Crippen LogP contribution in [0.3, 0.4) is 0 Å². The van der Waals surface area contributed by atoms with Crippen molar-refractivity contribution in [3.63, 3.8) is 0 Å². The Morgan fingerprint density at radius 2 is 1.81 bits per heavy atom. The van der Waals surface area contributed by atoms with Gasteiger partial charge in [-0.15, -0.1) is 0 Å². The first-order valence-electron chi connectivity index (χ1n) is 9.54. The molecule has 1 aliphatic rings. The van der Waals surface area contributed by atoms with Gasteiger partial charge in [0.2, 0.25) is 0 Å². The van der Waals surface area contributed by atoms with Crippen LogP contribution in [0.5, 0.6) is 0 Å². The zero-order valence-electron chi connectivity index (χ0n) is 15.4. The van der Waals surface area contributed by atoms with Crippen molar-refractivity contribution >= 4 is 5.91 Å². The number of aromatic nitrogens is 2. The van der Waals surface area contributed by atoms with Crippen LogP contribution in [0, 0.1) is 6.92 Å². The van der Waals surface area contributed by atoms with Gasteiger partial charge in [-0.25, -0.2) is 4.68 Å². The van der Waals surface area contributed by atoms with Crippen LogP contribution >= 0.6 is 0 Å². The largest absolute Gasteiger partial charge is 0.349 e. The average molecular weight is 356 g/mol. The minimum Gasteiger partial charge on any atom is -0.349 e. The minimum atomic E-state index is -0.254. The van der Waals surface area contributed by atoms with Gasteiger partial charge in [0.25, 0.3) is 11.5 Å². The maximum Gasteiger partial charge on any atom is 0.271 e. The van der Waals surface area contributed by atoms with Crippen LogP contribution in [0.15, 0.2) is 35.1 Å². The molecule has 6 nitrogen and oxygen atoms in total. The Morgan fingerprint density at radius 1 is 1.12 bits per heavy atom. The quantitative estimate of drug-likeness (QED) is 0.550. The number of aryl methyl sites for hydroxylation is 1. The van der Waals surface area contributed by atoms with E-state index < -0.39 is 0 Å². The number of nitrogens with zero attached hydrogens (tertiary/aromatic N) is 1. The molecule has 1 aromatic heterocycles.